The number of hydrogen-bond donors (Lipinski definition) is 1. The number of rotatable bonds is 4. The van der Waals surface area contributed by atoms with Crippen molar-refractivity contribution in [1.29, 1.82) is 0 Å². The van der Waals surface area contributed by atoms with E-state index < -0.39 is 22.0 Å². The van der Waals surface area contributed by atoms with Crippen molar-refractivity contribution in [3.63, 3.8) is 0 Å². The van der Waals surface area contributed by atoms with E-state index in [-0.39, 0.29) is 11.3 Å². The maximum atomic E-state index is 13.3. The summed E-state index contributed by atoms with van der Waals surface area (Å²) < 4.78 is 27.8. The zero-order chi connectivity index (χ0) is 19.0. The van der Waals surface area contributed by atoms with Gasteiger partial charge in [-0.15, -0.1) is 0 Å². The van der Waals surface area contributed by atoms with Gasteiger partial charge in [-0.05, 0) is 34.9 Å². The van der Waals surface area contributed by atoms with Crippen molar-refractivity contribution in [3.8, 4) is 11.1 Å². The van der Waals surface area contributed by atoms with Crippen molar-refractivity contribution in [2.75, 3.05) is 4.31 Å². The molecule has 136 valence electrons. The van der Waals surface area contributed by atoms with Crippen LogP contribution in [-0.2, 0) is 14.8 Å². The van der Waals surface area contributed by atoms with Gasteiger partial charge in [-0.3, -0.25) is 9.10 Å². The molecule has 1 aliphatic rings. The maximum Gasteiger partial charge on any atom is 0.305 e. The zero-order valence-corrected chi connectivity index (χ0v) is 15.1. The number of anilines is 1. The van der Waals surface area contributed by atoms with Crippen molar-refractivity contribution in [1.82, 2.24) is 0 Å². The lowest BCUT2D eigenvalue weighted by Crippen LogP contribution is -2.29. The van der Waals surface area contributed by atoms with Crippen LogP contribution in [0.25, 0.3) is 11.1 Å². The Hall–Kier alpha value is -3.12. The Bertz CT molecular complexity index is 1100. The SMILES string of the molecule is O=C(O)CC1c2ccc(-c3ccccc3)cc2S(=O)(=O)N1c1ccccc1. The summed E-state index contributed by atoms with van der Waals surface area (Å²) in [4.78, 5) is 11.6. The molecular formula is C21H17NO4S. The van der Waals surface area contributed by atoms with Gasteiger partial charge in [-0.2, -0.15) is 0 Å². The normalized spacial score (nSPS) is 17.5. The fraction of sp³-hybridized carbons (Fsp3) is 0.0952. The van der Waals surface area contributed by atoms with Crippen LogP contribution in [0.1, 0.15) is 18.0 Å². The van der Waals surface area contributed by atoms with Crippen molar-refractivity contribution in [2.24, 2.45) is 0 Å². The number of fused-ring (bicyclic) bond motifs is 1. The lowest BCUT2D eigenvalue weighted by molar-refractivity contribution is -0.137. The molecule has 0 amide bonds. The molecule has 0 saturated heterocycles. The number of hydrogen-bond acceptors (Lipinski definition) is 3. The lowest BCUT2D eigenvalue weighted by Gasteiger charge is -2.24. The number of carboxylic acid groups (broad SMARTS) is 1. The van der Waals surface area contributed by atoms with E-state index in [2.05, 4.69) is 0 Å². The predicted molar refractivity (Wildman–Crippen MR) is 103 cm³/mol. The maximum absolute atomic E-state index is 13.3. The molecule has 1 heterocycles. The number of carbonyl (C=O) groups is 1. The Kier molecular flexibility index (Phi) is 4.20. The number of carboxylic acids is 1. The molecule has 0 aromatic heterocycles. The van der Waals surface area contributed by atoms with Gasteiger partial charge in [0.2, 0.25) is 0 Å². The lowest BCUT2D eigenvalue weighted by atomic mass is 9.99. The summed E-state index contributed by atoms with van der Waals surface area (Å²) >= 11 is 0. The van der Waals surface area contributed by atoms with E-state index in [1.807, 2.05) is 36.4 Å². The molecule has 4 rings (SSSR count). The highest BCUT2D eigenvalue weighted by Gasteiger charge is 2.43. The molecule has 27 heavy (non-hydrogen) atoms. The standard InChI is InChI=1S/C21H17NO4S/c23-21(24)14-19-18-12-11-16(15-7-3-1-4-8-15)13-20(18)27(25,26)22(19)17-9-5-2-6-10-17/h1-13,19H,14H2,(H,23,24). The Morgan fingerprint density at radius 3 is 2.15 bits per heavy atom. The quantitative estimate of drug-likeness (QED) is 0.741. The molecule has 3 aromatic rings. The van der Waals surface area contributed by atoms with Crippen LogP contribution in [0.4, 0.5) is 5.69 Å². The van der Waals surface area contributed by atoms with Crippen molar-refractivity contribution >= 4 is 21.7 Å². The van der Waals surface area contributed by atoms with E-state index in [9.17, 15) is 18.3 Å². The molecule has 0 bridgehead atoms. The Morgan fingerprint density at radius 1 is 0.889 bits per heavy atom. The Labute approximate surface area is 157 Å². The van der Waals surface area contributed by atoms with E-state index >= 15 is 0 Å². The summed E-state index contributed by atoms with van der Waals surface area (Å²) in [6.45, 7) is 0. The number of sulfonamides is 1. The minimum atomic E-state index is -3.85. The monoisotopic (exact) mass is 379 g/mol. The summed E-state index contributed by atoms with van der Waals surface area (Å²) in [7, 11) is -3.85. The van der Waals surface area contributed by atoms with Gasteiger partial charge < -0.3 is 5.11 Å². The van der Waals surface area contributed by atoms with Gasteiger partial charge in [-0.25, -0.2) is 8.42 Å². The molecular weight excluding hydrogens is 362 g/mol. The van der Waals surface area contributed by atoms with Crippen molar-refractivity contribution < 1.29 is 18.3 Å². The van der Waals surface area contributed by atoms with Gasteiger partial charge >= 0.3 is 5.97 Å². The summed E-state index contributed by atoms with van der Waals surface area (Å²) in [5, 5.41) is 9.35. The van der Waals surface area contributed by atoms with Gasteiger partial charge in [0.25, 0.3) is 10.0 Å². The Balaban J connectivity index is 1.89. The average molecular weight is 379 g/mol. The minimum absolute atomic E-state index is 0.166. The second-order valence-electron chi connectivity index (χ2n) is 6.37. The third kappa shape index (κ3) is 2.98. The van der Waals surface area contributed by atoms with Crippen molar-refractivity contribution in [2.45, 2.75) is 17.4 Å². The first-order valence-electron chi connectivity index (χ1n) is 8.49. The van der Waals surface area contributed by atoms with Gasteiger partial charge in [-0.1, -0.05) is 60.7 Å². The third-order valence-electron chi connectivity index (χ3n) is 4.68. The van der Waals surface area contributed by atoms with E-state index in [1.54, 1.807) is 42.5 Å². The van der Waals surface area contributed by atoms with Crippen LogP contribution >= 0.6 is 0 Å². The van der Waals surface area contributed by atoms with Crippen LogP contribution in [0.2, 0.25) is 0 Å². The molecule has 0 radical (unpaired) electrons. The molecule has 3 aromatic carbocycles. The van der Waals surface area contributed by atoms with Crippen LogP contribution in [-0.4, -0.2) is 19.5 Å². The van der Waals surface area contributed by atoms with Crippen LogP contribution in [0.5, 0.6) is 0 Å². The van der Waals surface area contributed by atoms with Gasteiger partial charge in [0.1, 0.15) is 0 Å². The smallest absolute Gasteiger partial charge is 0.305 e. The zero-order valence-electron chi connectivity index (χ0n) is 14.3. The fourth-order valence-electron chi connectivity index (χ4n) is 3.49. The van der Waals surface area contributed by atoms with Crippen LogP contribution < -0.4 is 4.31 Å². The van der Waals surface area contributed by atoms with E-state index in [4.69, 9.17) is 0 Å². The highest BCUT2D eigenvalue weighted by atomic mass is 32.2. The van der Waals surface area contributed by atoms with Gasteiger partial charge in [0, 0.05) is 0 Å². The second-order valence-corrected chi connectivity index (χ2v) is 8.15. The first kappa shape index (κ1) is 17.3. The molecule has 6 heteroatoms. The minimum Gasteiger partial charge on any atom is -0.481 e. The van der Waals surface area contributed by atoms with Crippen LogP contribution in [0.3, 0.4) is 0 Å². The first-order valence-corrected chi connectivity index (χ1v) is 9.93. The summed E-state index contributed by atoms with van der Waals surface area (Å²) in [6, 6.07) is 22.5. The van der Waals surface area contributed by atoms with E-state index in [0.717, 1.165) is 11.1 Å². The number of nitrogens with zero attached hydrogens (tertiary/aromatic N) is 1. The van der Waals surface area contributed by atoms with Gasteiger partial charge in [0.05, 0.1) is 23.0 Å². The molecule has 1 N–H and O–H groups in total. The molecule has 1 unspecified atom stereocenters. The summed E-state index contributed by atoms with van der Waals surface area (Å²) in [5.41, 5.74) is 2.66. The highest BCUT2D eigenvalue weighted by Crippen LogP contribution is 2.45. The highest BCUT2D eigenvalue weighted by molar-refractivity contribution is 7.93. The fourth-order valence-corrected chi connectivity index (χ4v) is 5.41. The molecule has 5 nitrogen and oxygen atoms in total. The number of aliphatic carboxylic acids is 1. The van der Waals surface area contributed by atoms with Crippen LogP contribution in [0, 0.1) is 0 Å². The van der Waals surface area contributed by atoms with Crippen LogP contribution in [0.15, 0.2) is 83.8 Å². The molecule has 0 saturated carbocycles. The molecule has 0 fully saturated rings. The summed E-state index contributed by atoms with van der Waals surface area (Å²) in [5.74, 6) is -1.05. The Morgan fingerprint density at radius 2 is 1.52 bits per heavy atom. The molecule has 0 aliphatic carbocycles. The topological polar surface area (TPSA) is 74.7 Å². The first-order chi connectivity index (χ1) is 13.0. The molecule has 1 aliphatic heterocycles. The van der Waals surface area contributed by atoms with Gasteiger partial charge in [0.15, 0.2) is 0 Å². The largest absolute Gasteiger partial charge is 0.481 e. The van der Waals surface area contributed by atoms with Crippen molar-refractivity contribution in [3.05, 3.63) is 84.4 Å². The molecule has 1 atom stereocenters. The summed E-state index contributed by atoms with van der Waals surface area (Å²) in [6.07, 6.45) is -0.300. The number of para-hydroxylation sites is 1. The third-order valence-corrected chi connectivity index (χ3v) is 6.57. The van der Waals surface area contributed by atoms with E-state index in [0.29, 0.717) is 11.3 Å². The van der Waals surface area contributed by atoms with E-state index in [1.165, 1.54) is 4.31 Å². The number of benzene rings is 3. The average Bonchev–Trinajstić information content (AvgIpc) is 2.89. The molecule has 0 spiro atoms. The second kappa shape index (κ2) is 6.55. The predicted octanol–water partition coefficient (Wildman–Crippen LogP) is 4.08.